The van der Waals surface area contributed by atoms with Gasteiger partial charge >= 0.3 is 0 Å². The first-order valence-corrected chi connectivity index (χ1v) is 8.93. The van der Waals surface area contributed by atoms with E-state index < -0.39 is 0 Å². The lowest BCUT2D eigenvalue weighted by Gasteiger charge is -2.21. The Balaban J connectivity index is 1.90. The van der Waals surface area contributed by atoms with Crippen molar-refractivity contribution in [3.05, 3.63) is 59.4 Å². The molecule has 0 aliphatic carbocycles. The third-order valence-electron chi connectivity index (χ3n) is 4.33. The number of aromatic nitrogens is 3. The molecule has 0 atom stereocenters. The summed E-state index contributed by atoms with van der Waals surface area (Å²) in [7, 11) is 1.98. The quantitative estimate of drug-likeness (QED) is 0.465. The first-order chi connectivity index (χ1) is 13.1. The number of benzene rings is 1. The summed E-state index contributed by atoms with van der Waals surface area (Å²) in [6.07, 6.45) is 5.44. The van der Waals surface area contributed by atoms with Crippen molar-refractivity contribution in [2.24, 2.45) is 0 Å². The number of fused-ring (bicyclic) bond motifs is 2. The maximum absolute atomic E-state index is 15.5. The van der Waals surface area contributed by atoms with Crippen LogP contribution in [0, 0.1) is 0 Å². The molecule has 0 spiro atoms. The summed E-state index contributed by atoms with van der Waals surface area (Å²) in [5.41, 5.74) is 2.09. The van der Waals surface area contributed by atoms with E-state index in [-0.39, 0.29) is 5.82 Å². The van der Waals surface area contributed by atoms with Gasteiger partial charge in [0.05, 0.1) is 11.2 Å². The Morgan fingerprint density at radius 3 is 2.93 bits per heavy atom. The number of likely N-dealkylation sites (N-methyl/N-ethyl adjacent to an activating group) is 1. The standard InChI is InChI=1S/C19H18ClFN6/c1-26-9-3-2-8-22-17-7-6-15-18(25-17)19(24-12-23-15)27(21)16-10-14(20)5-4-13(16)11-26/h2-7,10,12H,8-9,11H2,1H3,(H,22,25). The first kappa shape index (κ1) is 17.6. The van der Waals surface area contributed by atoms with Gasteiger partial charge in [-0.2, -0.15) is 5.12 Å². The molecule has 2 aromatic heterocycles. The van der Waals surface area contributed by atoms with Gasteiger partial charge in [-0.05, 0) is 36.9 Å². The molecule has 6 nitrogen and oxygen atoms in total. The van der Waals surface area contributed by atoms with Gasteiger partial charge in [-0.25, -0.2) is 15.0 Å². The molecule has 1 aliphatic rings. The van der Waals surface area contributed by atoms with Gasteiger partial charge < -0.3 is 5.32 Å². The lowest BCUT2D eigenvalue weighted by molar-refractivity contribution is 0.361. The SMILES string of the molecule is CN1CC=CCNc2ccc3ncnc(c3n2)N(F)c2cc(Cl)ccc2C1. The summed E-state index contributed by atoms with van der Waals surface area (Å²) < 4.78 is 15.5. The molecular weight excluding hydrogens is 367 g/mol. The highest BCUT2D eigenvalue weighted by atomic mass is 35.5. The summed E-state index contributed by atoms with van der Waals surface area (Å²) in [6, 6.07) is 8.81. The molecule has 0 saturated carbocycles. The molecule has 8 heteroatoms. The molecule has 0 radical (unpaired) electrons. The van der Waals surface area contributed by atoms with Gasteiger partial charge in [0.2, 0.25) is 0 Å². The highest BCUT2D eigenvalue weighted by molar-refractivity contribution is 6.30. The minimum absolute atomic E-state index is 0.0856. The number of nitrogens with one attached hydrogen (secondary N) is 1. The normalized spacial score (nSPS) is 15.4. The molecule has 1 N–H and O–H groups in total. The van der Waals surface area contributed by atoms with Gasteiger partial charge in [0.1, 0.15) is 17.7 Å². The molecule has 138 valence electrons. The van der Waals surface area contributed by atoms with Crippen LogP contribution in [-0.2, 0) is 6.54 Å². The molecule has 4 rings (SSSR count). The fourth-order valence-corrected chi connectivity index (χ4v) is 3.16. The van der Waals surface area contributed by atoms with E-state index in [1.165, 1.54) is 6.33 Å². The van der Waals surface area contributed by atoms with Crippen LogP contribution in [0.25, 0.3) is 11.0 Å². The zero-order valence-electron chi connectivity index (χ0n) is 14.7. The third kappa shape index (κ3) is 3.70. The van der Waals surface area contributed by atoms with Crippen LogP contribution < -0.4 is 10.4 Å². The zero-order valence-corrected chi connectivity index (χ0v) is 15.5. The predicted molar refractivity (Wildman–Crippen MR) is 106 cm³/mol. The Morgan fingerprint density at radius 2 is 2.04 bits per heavy atom. The second-order valence-electron chi connectivity index (χ2n) is 6.36. The lowest BCUT2D eigenvalue weighted by Crippen LogP contribution is -2.20. The lowest BCUT2D eigenvalue weighted by atomic mass is 10.1. The van der Waals surface area contributed by atoms with Crippen LogP contribution in [0.15, 0.2) is 48.8 Å². The van der Waals surface area contributed by atoms with E-state index in [2.05, 4.69) is 31.2 Å². The van der Waals surface area contributed by atoms with Crippen molar-refractivity contribution < 1.29 is 4.48 Å². The highest BCUT2D eigenvalue weighted by Crippen LogP contribution is 2.34. The van der Waals surface area contributed by atoms with E-state index in [0.717, 1.165) is 12.1 Å². The van der Waals surface area contributed by atoms with Crippen LogP contribution >= 0.6 is 11.6 Å². The molecular formula is C19H18ClFN6. The van der Waals surface area contributed by atoms with Gasteiger partial charge in [0.25, 0.3) is 0 Å². The van der Waals surface area contributed by atoms with Crippen molar-refractivity contribution in [2.75, 3.05) is 30.6 Å². The molecule has 0 amide bonds. The molecule has 1 aliphatic heterocycles. The van der Waals surface area contributed by atoms with Crippen molar-refractivity contribution in [2.45, 2.75) is 6.54 Å². The van der Waals surface area contributed by atoms with Crippen molar-refractivity contribution in [1.29, 1.82) is 0 Å². The number of rotatable bonds is 0. The topological polar surface area (TPSA) is 57.2 Å². The summed E-state index contributed by atoms with van der Waals surface area (Å²) >= 11 is 6.14. The molecule has 27 heavy (non-hydrogen) atoms. The van der Waals surface area contributed by atoms with Gasteiger partial charge in [0.15, 0.2) is 5.82 Å². The third-order valence-corrected chi connectivity index (χ3v) is 4.57. The Morgan fingerprint density at radius 1 is 1.15 bits per heavy atom. The van der Waals surface area contributed by atoms with Crippen LogP contribution in [0.4, 0.5) is 21.8 Å². The number of nitrogens with zero attached hydrogens (tertiary/aromatic N) is 5. The fourth-order valence-electron chi connectivity index (χ4n) is 2.99. The number of halogens is 2. The Labute approximate surface area is 161 Å². The van der Waals surface area contributed by atoms with E-state index >= 15 is 4.48 Å². The number of hydrogen-bond donors (Lipinski definition) is 1. The largest absolute Gasteiger partial charge is 0.367 e. The molecule has 2 bridgehead atoms. The number of pyridine rings is 1. The average molecular weight is 385 g/mol. The Kier molecular flexibility index (Phi) is 4.87. The molecule has 0 fully saturated rings. The maximum Gasteiger partial charge on any atom is 0.192 e. The number of anilines is 3. The summed E-state index contributed by atoms with van der Waals surface area (Å²) in [4.78, 5) is 14.9. The van der Waals surface area contributed by atoms with E-state index in [1.54, 1.807) is 18.2 Å². The van der Waals surface area contributed by atoms with Crippen LogP contribution in [0.1, 0.15) is 5.56 Å². The van der Waals surface area contributed by atoms with Crippen molar-refractivity contribution in [3.8, 4) is 0 Å². The van der Waals surface area contributed by atoms with E-state index in [9.17, 15) is 0 Å². The molecule has 1 aromatic carbocycles. The van der Waals surface area contributed by atoms with E-state index in [0.29, 0.717) is 45.8 Å². The molecule has 3 aromatic rings. The summed E-state index contributed by atoms with van der Waals surface area (Å²) in [5, 5.41) is 4.20. The second-order valence-corrected chi connectivity index (χ2v) is 6.80. The smallest absolute Gasteiger partial charge is 0.192 e. The fraction of sp³-hybridized carbons (Fsp3) is 0.211. The predicted octanol–water partition coefficient (Wildman–Crippen LogP) is 4.11. The van der Waals surface area contributed by atoms with E-state index in [4.69, 9.17) is 11.6 Å². The van der Waals surface area contributed by atoms with Gasteiger partial charge in [-0.15, -0.1) is 0 Å². The van der Waals surface area contributed by atoms with Crippen molar-refractivity contribution in [1.82, 2.24) is 19.9 Å². The van der Waals surface area contributed by atoms with Crippen LogP contribution in [-0.4, -0.2) is 40.0 Å². The summed E-state index contributed by atoms with van der Waals surface area (Å²) in [5.74, 6) is 0.718. The van der Waals surface area contributed by atoms with Gasteiger partial charge in [-0.1, -0.05) is 34.3 Å². The van der Waals surface area contributed by atoms with Crippen LogP contribution in [0.5, 0.6) is 0 Å². The zero-order chi connectivity index (χ0) is 18.8. The van der Waals surface area contributed by atoms with Crippen LogP contribution in [0.3, 0.4) is 0 Å². The highest BCUT2D eigenvalue weighted by Gasteiger charge is 2.20. The summed E-state index contributed by atoms with van der Waals surface area (Å²) in [6.45, 7) is 1.93. The molecule has 0 saturated heterocycles. The van der Waals surface area contributed by atoms with E-state index in [1.807, 2.05) is 25.3 Å². The van der Waals surface area contributed by atoms with Crippen molar-refractivity contribution in [3.63, 3.8) is 0 Å². The van der Waals surface area contributed by atoms with Gasteiger partial charge in [0, 0.05) is 24.7 Å². The molecule has 3 heterocycles. The van der Waals surface area contributed by atoms with Crippen molar-refractivity contribution >= 4 is 40.0 Å². The van der Waals surface area contributed by atoms with Gasteiger partial charge in [-0.3, -0.25) is 4.90 Å². The second kappa shape index (κ2) is 7.46. The Hall–Kier alpha value is -2.77. The van der Waals surface area contributed by atoms with Crippen LogP contribution in [0.2, 0.25) is 5.02 Å². The maximum atomic E-state index is 15.5. The number of hydrogen-bond acceptors (Lipinski definition) is 6. The monoisotopic (exact) mass is 384 g/mol. The Bertz CT molecular complexity index is 1010. The molecule has 0 unspecified atom stereocenters. The first-order valence-electron chi connectivity index (χ1n) is 8.55. The minimum Gasteiger partial charge on any atom is -0.367 e. The minimum atomic E-state index is 0.0856. The average Bonchev–Trinajstić information content (AvgIpc) is 2.67.